The summed E-state index contributed by atoms with van der Waals surface area (Å²) in [6.07, 6.45) is 4.39. The predicted octanol–water partition coefficient (Wildman–Crippen LogP) is 3.14. The molecule has 0 aliphatic heterocycles. The van der Waals surface area contributed by atoms with E-state index in [1.165, 1.54) is 23.4 Å². The van der Waals surface area contributed by atoms with Crippen LogP contribution < -0.4 is 0 Å². The highest BCUT2D eigenvalue weighted by Crippen LogP contribution is 2.39. The van der Waals surface area contributed by atoms with Gasteiger partial charge >= 0.3 is 0 Å². The summed E-state index contributed by atoms with van der Waals surface area (Å²) in [5.41, 5.74) is -0.0675. The van der Waals surface area contributed by atoms with Gasteiger partial charge in [-0.25, -0.2) is 18.4 Å². The average Bonchev–Trinajstić information content (AvgIpc) is 3.39. The summed E-state index contributed by atoms with van der Waals surface area (Å²) in [7, 11) is 0. The smallest absolute Gasteiger partial charge is 0.137 e. The molecule has 0 fully saturated rings. The highest BCUT2D eigenvalue weighted by Gasteiger charge is 2.40. The molecule has 2 aromatic carbocycles. The van der Waals surface area contributed by atoms with Crippen molar-refractivity contribution in [2.75, 3.05) is 0 Å². The largest absolute Gasteiger partial charge is 0.382 e. The molecule has 0 spiro atoms. The molecule has 2 aromatic heterocycles. The minimum absolute atomic E-state index is 0.00868. The van der Waals surface area contributed by atoms with Crippen molar-refractivity contribution in [1.29, 1.82) is 0 Å². The SMILES string of the molecule is Cc1nncn1-c1ccc(C(C)C(O)(Cn2cncn2)c2ccc(F)cc2F)cc1. The van der Waals surface area contributed by atoms with Gasteiger partial charge in [-0.1, -0.05) is 25.1 Å². The Morgan fingerprint density at radius 1 is 1.10 bits per heavy atom. The van der Waals surface area contributed by atoms with Crippen molar-refractivity contribution in [2.24, 2.45) is 0 Å². The molecule has 4 aromatic rings. The Balaban J connectivity index is 1.74. The molecule has 0 saturated heterocycles. The minimum Gasteiger partial charge on any atom is -0.382 e. The van der Waals surface area contributed by atoms with E-state index in [0.717, 1.165) is 29.2 Å². The van der Waals surface area contributed by atoms with Crippen molar-refractivity contribution >= 4 is 0 Å². The molecule has 7 nitrogen and oxygen atoms in total. The predicted molar refractivity (Wildman–Crippen MR) is 105 cm³/mol. The quantitative estimate of drug-likeness (QED) is 0.528. The average molecular weight is 410 g/mol. The van der Waals surface area contributed by atoms with E-state index >= 15 is 0 Å². The third kappa shape index (κ3) is 3.59. The van der Waals surface area contributed by atoms with E-state index in [1.807, 2.05) is 35.8 Å². The van der Waals surface area contributed by atoms with E-state index in [0.29, 0.717) is 0 Å². The van der Waals surface area contributed by atoms with Crippen molar-refractivity contribution in [3.63, 3.8) is 0 Å². The first-order chi connectivity index (χ1) is 14.4. The van der Waals surface area contributed by atoms with Crippen LogP contribution in [-0.2, 0) is 12.1 Å². The second-order valence-electron chi connectivity index (χ2n) is 7.20. The van der Waals surface area contributed by atoms with Crippen molar-refractivity contribution in [2.45, 2.75) is 31.9 Å². The number of aryl methyl sites for hydroxylation is 1. The van der Waals surface area contributed by atoms with Gasteiger partial charge < -0.3 is 5.11 Å². The molecule has 30 heavy (non-hydrogen) atoms. The van der Waals surface area contributed by atoms with Gasteiger partial charge in [0.15, 0.2) is 0 Å². The molecule has 0 radical (unpaired) electrons. The number of hydrogen-bond donors (Lipinski definition) is 1. The first-order valence-corrected chi connectivity index (χ1v) is 9.36. The molecule has 0 aliphatic rings. The summed E-state index contributed by atoms with van der Waals surface area (Å²) >= 11 is 0. The third-order valence-corrected chi connectivity index (χ3v) is 5.37. The lowest BCUT2D eigenvalue weighted by atomic mass is 9.78. The molecular weight excluding hydrogens is 390 g/mol. The zero-order valence-corrected chi connectivity index (χ0v) is 16.4. The van der Waals surface area contributed by atoms with Crippen LogP contribution in [0.3, 0.4) is 0 Å². The number of halogens is 2. The van der Waals surface area contributed by atoms with Crippen LogP contribution in [0, 0.1) is 18.6 Å². The number of aromatic nitrogens is 6. The van der Waals surface area contributed by atoms with E-state index in [1.54, 1.807) is 13.3 Å². The third-order valence-electron chi connectivity index (χ3n) is 5.37. The first-order valence-electron chi connectivity index (χ1n) is 9.36. The van der Waals surface area contributed by atoms with Gasteiger partial charge in [-0.2, -0.15) is 5.10 Å². The summed E-state index contributed by atoms with van der Waals surface area (Å²) < 4.78 is 31.4. The van der Waals surface area contributed by atoms with E-state index in [4.69, 9.17) is 0 Å². The minimum atomic E-state index is -1.69. The molecule has 154 valence electrons. The number of rotatable bonds is 6. The van der Waals surface area contributed by atoms with E-state index in [9.17, 15) is 13.9 Å². The maximum absolute atomic E-state index is 14.7. The van der Waals surface area contributed by atoms with E-state index < -0.39 is 23.2 Å². The molecule has 2 heterocycles. The van der Waals surface area contributed by atoms with Gasteiger partial charge in [0.05, 0.1) is 6.54 Å². The van der Waals surface area contributed by atoms with Crippen molar-refractivity contribution in [1.82, 2.24) is 29.5 Å². The lowest BCUT2D eigenvalue weighted by Crippen LogP contribution is -2.38. The van der Waals surface area contributed by atoms with Crippen LogP contribution in [-0.4, -0.2) is 34.6 Å². The monoisotopic (exact) mass is 410 g/mol. The van der Waals surface area contributed by atoms with Gasteiger partial charge in [0.25, 0.3) is 0 Å². The fourth-order valence-corrected chi connectivity index (χ4v) is 3.60. The van der Waals surface area contributed by atoms with Crippen molar-refractivity contribution < 1.29 is 13.9 Å². The number of nitrogens with zero attached hydrogens (tertiary/aromatic N) is 6. The summed E-state index contributed by atoms with van der Waals surface area (Å²) in [5.74, 6) is -1.33. The number of benzene rings is 2. The molecule has 9 heteroatoms. The van der Waals surface area contributed by atoms with Crippen LogP contribution in [0.4, 0.5) is 8.78 Å². The van der Waals surface area contributed by atoms with Crippen LogP contribution in [0.25, 0.3) is 5.69 Å². The molecule has 0 saturated carbocycles. The van der Waals surface area contributed by atoms with E-state index in [2.05, 4.69) is 20.3 Å². The maximum Gasteiger partial charge on any atom is 0.137 e. The van der Waals surface area contributed by atoms with Gasteiger partial charge in [-0.15, -0.1) is 10.2 Å². The molecule has 2 unspecified atom stereocenters. The summed E-state index contributed by atoms with van der Waals surface area (Å²) in [4.78, 5) is 3.89. The Kier molecular flexibility index (Phi) is 5.13. The number of aliphatic hydroxyl groups is 1. The molecule has 4 rings (SSSR count). The van der Waals surface area contributed by atoms with Gasteiger partial charge in [-0.3, -0.25) is 4.57 Å². The van der Waals surface area contributed by atoms with E-state index in [-0.39, 0.29) is 12.1 Å². The van der Waals surface area contributed by atoms with Crippen LogP contribution in [0.15, 0.2) is 61.4 Å². The Labute approximate surface area is 171 Å². The lowest BCUT2D eigenvalue weighted by molar-refractivity contribution is -0.0112. The van der Waals surface area contributed by atoms with Crippen LogP contribution >= 0.6 is 0 Å². The highest BCUT2D eigenvalue weighted by atomic mass is 19.1. The van der Waals surface area contributed by atoms with Crippen molar-refractivity contribution in [3.8, 4) is 5.69 Å². The maximum atomic E-state index is 14.7. The summed E-state index contributed by atoms with van der Waals surface area (Å²) in [6.45, 7) is 3.58. The van der Waals surface area contributed by atoms with Gasteiger partial charge in [0.2, 0.25) is 0 Å². The zero-order chi connectivity index (χ0) is 21.3. The Morgan fingerprint density at radius 2 is 1.87 bits per heavy atom. The second-order valence-corrected chi connectivity index (χ2v) is 7.20. The fourth-order valence-electron chi connectivity index (χ4n) is 3.60. The van der Waals surface area contributed by atoms with Crippen LogP contribution in [0.1, 0.15) is 29.8 Å². The summed E-state index contributed by atoms with van der Waals surface area (Å²) in [5, 5.41) is 23.6. The summed E-state index contributed by atoms with van der Waals surface area (Å²) in [6, 6.07) is 10.6. The molecular formula is C21H20F2N6O. The second kappa shape index (κ2) is 7.75. The van der Waals surface area contributed by atoms with Crippen LogP contribution in [0.5, 0.6) is 0 Å². The molecule has 2 atom stereocenters. The van der Waals surface area contributed by atoms with Gasteiger partial charge in [-0.05, 0) is 30.7 Å². The Bertz CT molecular complexity index is 1140. The molecule has 0 aliphatic carbocycles. The van der Waals surface area contributed by atoms with Gasteiger partial charge in [0, 0.05) is 23.2 Å². The normalized spacial score (nSPS) is 14.4. The Morgan fingerprint density at radius 3 is 2.47 bits per heavy atom. The standard InChI is InChI=1S/C21H20F2N6O/c1-14(16-3-6-18(7-4-16)29-13-25-27-15(29)2)21(30,10-28-12-24-11-26-28)19-8-5-17(22)9-20(19)23/h3-9,11-14,30H,10H2,1-2H3. The molecule has 0 amide bonds. The van der Waals surface area contributed by atoms with Crippen LogP contribution in [0.2, 0.25) is 0 Å². The first kappa shape index (κ1) is 19.8. The Hall–Kier alpha value is -3.46. The number of hydrogen-bond acceptors (Lipinski definition) is 5. The van der Waals surface area contributed by atoms with Gasteiger partial charge in [0.1, 0.15) is 42.0 Å². The highest BCUT2D eigenvalue weighted by molar-refractivity contribution is 5.39. The fraction of sp³-hybridized carbons (Fsp3) is 0.238. The zero-order valence-electron chi connectivity index (χ0n) is 16.4. The topological polar surface area (TPSA) is 81.6 Å². The molecule has 0 bridgehead atoms. The lowest BCUT2D eigenvalue weighted by Gasteiger charge is -2.35. The molecule has 1 N–H and O–H groups in total. The van der Waals surface area contributed by atoms with Crippen molar-refractivity contribution in [3.05, 3.63) is 90.0 Å².